The third-order valence-corrected chi connectivity index (χ3v) is 3.09. The zero-order valence-corrected chi connectivity index (χ0v) is 13.6. The molecule has 116 valence electrons. The SMILES string of the molecule is CON(C)C(=O)c1cccc(Cl)c1.O=Cc1cccc(Cl)c1. The summed E-state index contributed by atoms with van der Waals surface area (Å²) in [4.78, 5) is 26.3. The molecule has 2 rings (SSSR count). The van der Waals surface area contributed by atoms with Crippen LogP contribution in [0.15, 0.2) is 48.5 Å². The molecule has 0 aliphatic carbocycles. The predicted molar refractivity (Wildman–Crippen MR) is 87.4 cm³/mol. The quantitative estimate of drug-likeness (QED) is 0.624. The van der Waals surface area contributed by atoms with Gasteiger partial charge in [-0.15, -0.1) is 0 Å². The smallest absolute Gasteiger partial charge is 0.277 e. The van der Waals surface area contributed by atoms with E-state index < -0.39 is 0 Å². The number of hydrogen-bond acceptors (Lipinski definition) is 3. The van der Waals surface area contributed by atoms with Crippen molar-refractivity contribution in [1.82, 2.24) is 5.06 Å². The van der Waals surface area contributed by atoms with Gasteiger partial charge in [-0.25, -0.2) is 5.06 Å². The van der Waals surface area contributed by atoms with E-state index in [1.165, 1.54) is 7.11 Å². The van der Waals surface area contributed by atoms with Gasteiger partial charge in [0.2, 0.25) is 0 Å². The van der Waals surface area contributed by atoms with Crippen LogP contribution < -0.4 is 0 Å². The molecule has 0 unspecified atom stereocenters. The summed E-state index contributed by atoms with van der Waals surface area (Å²) < 4.78 is 0. The Morgan fingerprint density at radius 3 is 2.14 bits per heavy atom. The average molecular weight is 340 g/mol. The van der Waals surface area contributed by atoms with E-state index in [1.807, 2.05) is 0 Å². The fourth-order valence-corrected chi connectivity index (χ4v) is 1.86. The maximum absolute atomic E-state index is 11.5. The molecule has 0 atom stereocenters. The van der Waals surface area contributed by atoms with Gasteiger partial charge in [0.1, 0.15) is 6.29 Å². The van der Waals surface area contributed by atoms with Crippen LogP contribution in [0.2, 0.25) is 10.0 Å². The van der Waals surface area contributed by atoms with Crippen LogP contribution in [0.25, 0.3) is 0 Å². The molecule has 2 aromatic rings. The highest BCUT2D eigenvalue weighted by atomic mass is 35.5. The third-order valence-electron chi connectivity index (χ3n) is 2.62. The first-order chi connectivity index (χ1) is 10.5. The fourth-order valence-electron chi connectivity index (χ4n) is 1.47. The molecule has 0 aliphatic rings. The highest BCUT2D eigenvalue weighted by molar-refractivity contribution is 6.31. The molecule has 1 amide bonds. The van der Waals surface area contributed by atoms with Crippen LogP contribution in [0, 0.1) is 0 Å². The van der Waals surface area contributed by atoms with Crippen LogP contribution in [0.5, 0.6) is 0 Å². The first kappa shape index (κ1) is 18.2. The number of hydrogen-bond donors (Lipinski definition) is 0. The van der Waals surface area contributed by atoms with Crippen molar-refractivity contribution in [2.75, 3.05) is 14.2 Å². The van der Waals surface area contributed by atoms with Crippen molar-refractivity contribution in [1.29, 1.82) is 0 Å². The van der Waals surface area contributed by atoms with E-state index in [-0.39, 0.29) is 5.91 Å². The van der Waals surface area contributed by atoms with Crippen molar-refractivity contribution < 1.29 is 14.4 Å². The molecule has 0 N–H and O–H groups in total. The molecule has 0 aliphatic heterocycles. The first-order valence-corrected chi connectivity index (χ1v) is 7.02. The lowest BCUT2D eigenvalue weighted by atomic mass is 10.2. The Balaban J connectivity index is 0.000000235. The van der Waals surface area contributed by atoms with Gasteiger partial charge in [-0.05, 0) is 30.3 Å². The maximum atomic E-state index is 11.5. The maximum Gasteiger partial charge on any atom is 0.277 e. The molecule has 0 saturated carbocycles. The van der Waals surface area contributed by atoms with Crippen molar-refractivity contribution in [3.63, 3.8) is 0 Å². The molecule has 22 heavy (non-hydrogen) atoms. The normalized spacial score (nSPS) is 9.45. The van der Waals surface area contributed by atoms with Crippen molar-refractivity contribution in [3.8, 4) is 0 Å². The van der Waals surface area contributed by atoms with Crippen molar-refractivity contribution >= 4 is 35.4 Å². The second kappa shape index (κ2) is 9.20. The van der Waals surface area contributed by atoms with Gasteiger partial charge in [-0.1, -0.05) is 41.4 Å². The number of amides is 1. The molecule has 0 aromatic heterocycles. The Kier molecular flexibility index (Phi) is 7.60. The van der Waals surface area contributed by atoms with Gasteiger partial charge in [0, 0.05) is 28.2 Å². The number of carbonyl (C=O) groups excluding carboxylic acids is 2. The summed E-state index contributed by atoms with van der Waals surface area (Å²) in [7, 11) is 2.98. The van der Waals surface area contributed by atoms with E-state index in [2.05, 4.69) is 0 Å². The highest BCUT2D eigenvalue weighted by Gasteiger charge is 2.10. The minimum atomic E-state index is -0.218. The fraction of sp³-hybridized carbons (Fsp3) is 0.125. The number of carbonyl (C=O) groups is 2. The predicted octanol–water partition coefficient (Wildman–Crippen LogP) is 4.13. The van der Waals surface area contributed by atoms with E-state index in [9.17, 15) is 9.59 Å². The van der Waals surface area contributed by atoms with Crippen LogP contribution in [0.4, 0.5) is 0 Å². The van der Waals surface area contributed by atoms with Gasteiger partial charge >= 0.3 is 0 Å². The number of rotatable bonds is 3. The highest BCUT2D eigenvalue weighted by Crippen LogP contribution is 2.12. The number of hydroxylamine groups is 2. The summed E-state index contributed by atoms with van der Waals surface area (Å²) in [5.74, 6) is -0.218. The Morgan fingerprint density at radius 1 is 1.09 bits per heavy atom. The minimum absolute atomic E-state index is 0.218. The molecule has 0 spiro atoms. The van der Waals surface area contributed by atoms with Gasteiger partial charge in [0.15, 0.2) is 0 Å². The number of aldehydes is 1. The zero-order chi connectivity index (χ0) is 16.5. The Morgan fingerprint density at radius 2 is 1.68 bits per heavy atom. The summed E-state index contributed by atoms with van der Waals surface area (Å²) in [6, 6.07) is 13.5. The van der Waals surface area contributed by atoms with Crippen molar-refractivity contribution in [3.05, 3.63) is 69.7 Å². The first-order valence-electron chi connectivity index (χ1n) is 6.26. The zero-order valence-electron chi connectivity index (χ0n) is 12.1. The largest absolute Gasteiger partial charge is 0.298 e. The molecule has 0 heterocycles. The van der Waals surface area contributed by atoms with Crippen LogP contribution >= 0.6 is 23.2 Å². The standard InChI is InChI=1S/C9H10ClNO2.C7H5ClO/c1-11(13-2)9(12)7-4-3-5-8(10)6-7;8-7-3-1-2-6(4-7)5-9/h3-6H,1-2H3;1-5H. The molecule has 0 radical (unpaired) electrons. The molecule has 0 fully saturated rings. The van der Waals surface area contributed by atoms with Gasteiger partial charge in [-0.2, -0.15) is 0 Å². The number of benzene rings is 2. The molecular weight excluding hydrogens is 325 g/mol. The molecule has 2 aromatic carbocycles. The van der Waals surface area contributed by atoms with Crippen LogP contribution in [0.1, 0.15) is 20.7 Å². The topological polar surface area (TPSA) is 46.6 Å². The Bertz CT molecular complexity index is 647. The van der Waals surface area contributed by atoms with E-state index in [4.69, 9.17) is 28.0 Å². The van der Waals surface area contributed by atoms with E-state index in [1.54, 1.807) is 55.6 Å². The van der Waals surface area contributed by atoms with E-state index in [0.717, 1.165) is 11.3 Å². The lowest BCUT2D eigenvalue weighted by molar-refractivity contribution is -0.0756. The van der Waals surface area contributed by atoms with Gasteiger partial charge < -0.3 is 0 Å². The average Bonchev–Trinajstić information content (AvgIpc) is 2.54. The van der Waals surface area contributed by atoms with Gasteiger partial charge in [0.05, 0.1) is 7.11 Å². The molecule has 6 heteroatoms. The van der Waals surface area contributed by atoms with Crippen molar-refractivity contribution in [2.45, 2.75) is 0 Å². The summed E-state index contributed by atoms with van der Waals surface area (Å²) in [5.41, 5.74) is 1.12. The van der Waals surface area contributed by atoms with Crippen LogP contribution in [-0.2, 0) is 4.84 Å². The van der Waals surface area contributed by atoms with Crippen LogP contribution in [0.3, 0.4) is 0 Å². The summed E-state index contributed by atoms with van der Waals surface area (Å²) >= 11 is 11.3. The summed E-state index contributed by atoms with van der Waals surface area (Å²) in [6.45, 7) is 0. The van der Waals surface area contributed by atoms with Gasteiger partial charge in [0.25, 0.3) is 5.91 Å². The summed E-state index contributed by atoms with van der Waals surface area (Å²) in [6.07, 6.45) is 0.770. The Labute approximate surface area is 139 Å². The Hall–Kier alpha value is -1.88. The summed E-state index contributed by atoms with van der Waals surface area (Å²) in [5, 5.41) is 2.28. The lowest BCUT2D eigenvalue weighted by Crippen LogP contribution is -2.25. The minimum Gasteiger partial charge on any atom is -0.298 e. The second-order valence-corrected chi connectivity index (χ2v) is 5.04. The van der Waals surface area contributed by atoms with E-state index in [0.29, 0.717) is 21.2 Å². The van der Waals surface area contributed by atoms with Gasteiger partial charge in [-0.3, -0.25) is 14.4 Å². The molecule has 0 saturated heterocycles. The number of nitrogens with zero attached hydrogens (tertiary/aromatic N) is 1. The lowest BCUT2D eigenvalue weighted by Gasteiger charge is -2.13. The third kappa shape index (κ3) is 5.85. The number of halogens is 2. The van der Waals surface area contributed by atoms with E-state index >= 15 is 0 Å². The van der Waals surface area contributed by atoms with Crippen molar-refractivity contribution in [2.24, 2.45) is 0 Å². The molecule has 0 bridgehead atoms. The molecule has 4 nitrogen and oxygen atoms in total. The monoisotopic (exact) mass is 339 g/mol. The second-order valence-electron chi connectivity index (χ2n) is 4.17. The van der Waals surface area contributed by atoms with Crippen LogP contribution in [-0.4, -0.2) is 31.4 Å². The molecular formula is C16H15Cl2NO3.